The van der Waals surface area contributed by atoms with Gasteiger partial charge in [0.1, 0.15) is 11.4 Å². The standard InChI is InChI=1S/C30H35N3O2/c1-5-33-26(16-21-7-6-11-31-30(21)33)24-14-22-13-23(17-27(35-4)28(22)18(24)2)29(34)20-9-8-19-10-12-32(3)25(19)15-20/h6-7,11,13-14,16-20,25H,5,8-10,12,15H2,1-4H3. The first-order valence-corrected chi connectivity index (χ1v) is 13.1. The summed E-state index contributed by atoms with van der Waals surface area (Å²) < 4.78 is 8.17. The highest BCUT2D eigenvalue weighted by Crippen LogP contribution is 2.48. The van der Waals surface area contributed by atoms with E-state index in [4.69, 9.17) is 4.74 Å². The van der Waals surface area contributed by atoms with E-state index in [1.54, 1.807) is 7.11 Å². The molecular formula is C30H35N3O2. The fourth-order valence-corrected chi connectivity index (χ4v) is 7.03. The number of hydrogen-bond acceptors (Lipinski definition) is 4. The van der Waals surface area contributed by atoms with Crippen LogP contribution in [0.15, 0.2) is 36.5 Å². The second-order valence-electron chi connectivity index (χ2n) is 10.7. The maximum absolute atomic E-state index is 13.7. The van der Waals surface area contributed by atoms with Crippen LogP contribution >= 0.6 is 0 Å². The smallest absolute Gasteiger partial charge is 0.166 e. The molecule has 35 heavy (non-hydrogen) atoms. The molecule has 5 nitrogen and oxygen atoms in total. The van der Waals surface area contributed by atoms with Crippen molar-refractivity contribution >= 4 is 28.5 Å². The summed E-state index contributed by atoms with van der Waals surface area (Å²) in [5.74, 6) is 2.17. The molecule has 3 aliphatic rings. The predicted octanol–water partition coefficient (Wildman–Crippen LogP) is 6.03. The van der Waals surface area contributed by atoms with Gasteiger partial charge in [-0.05, 0) is 99.7 Å². The van der Waals surface area contributed by atoms with Crippen molar-refractivity contribution in [1.82, 2.24) is 14.5 Å². The Balaban J connectivity index is 1.37. The summed E-state index contributed by atoms with van der Waals surface area (Å²) >= 11 is 0. The van der Waals surface area contributed by atoms with Gasteiger partial charge < -0.3 is 14.2 Å². The summed E-state index contributed by atoms with van der Waals surface area (Å²) in [6.07, 6.45) is 8.57. The molecule has 3 aromatic rings. The lowest BCUT2D eigenvalue weighted by Gasteiger charge is -2.34. The Kier molecular flexibility index (Phi) is 5.56. The molecule has 0 N–H and O–H groups in total. The number of Topliss-reactive ketones (excluding diaryl/α,β-unsaturated/α-hetero) is 1. The average molecular weight is 470 g/mol. The Bertz CT molecular complexity index is 1340. The lowest BCUT2D eigenvalue weighted by molar-refractivity contribution is 0.0820. The Morgan fingerprint density at radius 3 is 2.86 bits per heavy atom. The van der Waals surface area contributed by atoms with E-state index in [9.17, 15) is 4.79 Å². The topological polar surface area (TPSA) is 47.4 Å². The maximum Gasteiger partial charge on any atom is 0.166 e. The number of ether oxygens (including phenoxy) is 1. The van der Waals surface area contributed by atoms with Gasteiger partial charge >= 0.3 is 0 Å². The van der Waals surface area contributed by atoms with Crippen LogP contribution in [0.3, 0.4) is 0 Å². The van der Waals surface area contributed by atoms with Crippen molar-refractivity contribution in [3.63, 3.8) is 0 Å². The number of carbonyl (C=O) groups is 1. The molecule has 2 aromatic heterocycles. The van der Waals surface area contributed by atoms with Crippen molar-refractivity contribution in [2.75, 3.05) is 20.7 Å². The van der Waals surface area contributed by atoms with E-state index in [1.165, 1.54) is 36.2 Å². The molecule has 0 radical (unpaired) electrons. The second kappa shape index (κ2) is 8.63. The van der Waals surface area contributed by atoms with Crippen molar-refractivity contribution in [1.29, 1.82) is 0 Å². The van der Waals surface area contributed by atoms with Gasteiger partial charge in [-0.3, -0.25) is 4.79 Å². The molecule has 4 unspecified atom stereocenters. The van der Waals surface area contributed by atoms with Crippen LogP contribution in [0.5, 0.6) is 5.75 Å². The first kappa shape index (κ1) is 22.5. The Morgan fingerprint density at radius 1 is 1.20 bits per heavy atom. The number of pyridine rings is 1. The van der Waals surface area contributed by atoms with Gasteiger partial charge in [0.05, 0.1) is 7.11 Å². The van der Waals surface area contributed by atoms with Crippen molar-refractivity contribution in [3.05, 3.63) is 58.9 Å². The first-order chi connectivity index (χ1) is 17.0. The molecule has 2 aliphatic carbocycles. The van der Waals surface area contributed by atoms with Gasteiger partial charge in [-0.25, -0.2) is 4.98 Å². The number of benzene rings is 1. The molecule has 182 valence electrons. The van der Waals surface area contributed by atoms with Crippen LogP contribution in [0.25, 0.3) is 22.7 Å². The van der Waals surface area contributed by atoms with E-state index in [2.05, 4.69) is 59.6 Å². The number of ketones is 1. The summed E-state index contributed by atoms with van der Waals surface area (Å²) in [5.41, 5.74) is 6.57. The van der Waals surface area contributed by atoms with E-state index in [0.717, 1.165) is 53.2 Å². The number of likely N-dealkylation sites (tertiary alicyclic amines) is 1. The number of methoxy groups -OCH3 is 1. The zero-order valence-electron chi connectivity index (χ0n) is 21.3. The summed E-state index contributed by atoms with van der Waals surface area (Å²) in [5, 5.41) is 1.16. The van der Waals surface area contributed by atoms with Crippen molar-refractivity contribution < 1.29 is 9.53 Å². The molecule has 5 heteroatoms. The molecule has 1 aliphatic heterocycles. The molecule has 6 rings (SSSR count). The summed E-state index contributed by atoms with van der Waals surface area (Å²) in [6.45, 7) is 6.43. The minimum Gasteiger partial charge on any atom is -0.496 e. The van der Waals surface area contributed by atoms with Gasteiger partial charge in [0.25, 0.3) is 0 Å². The van der Waals surface area contributed by atoms with Crippen LogP contribution in [0.4, 0.5) is 0 Å². The predicted molar refractivity (Wildman–Crippen MR) is 141 cm³/mol. The van der Waals surface area contributed by atoms with Crippen LogP contribution in [0.1, 0.15) is 72.6 Å². The van der Waals surface area contributed by atoms with Crippen LogP contribution in [0, 0.1) is 11.8 Å². The van der Waals surface area contributed by atoms with Gasteiger partial charge in [0.15, 0.2) is 5.78 Å². The zero-order valence-corrected chi connectivity index (χ0v) is 21.3. The van der Waals surface area contributed by atoms with Gasteiger partial charge in [0.2, 0.25) is 0 Å². The van der Waals surface area contributed by atoms with E-state index in [-0.39, 0.29) is 17.6 Å². The van der Waals surface area contributed by atoms with Gasteiger partial charge in [-0.1, -0.05) is 6.92 Å². The number of carbonyl (C=O) groups excluding carboxylic acids is 1. The molecule has 3 heterocycles. The molecule has 2 fully saturated rings. The van der Waals surface area contributed by atoms with Crippen LogP contribution in [-0.4, -0.2) is 47.0 Å². The molecule has 1 saturated heterocycles. The summed E-state index contributed by atoms with van der Waals surface area (Å²) in [4.78, 5) is 20.8. The molecule has 4 atom stereocenters. The van der Waals surface area contributed by atoms with Crippen LogP contribution in [0.2, 0.25) is 0 Å². The van der Waals surface area contributed by atoms with Gasteiger partial charge in [0, 0.05) is 52.8 Å². The quantitative estimate of drug-likeness (QED) is 0.428. The summed E-state index contributed by atoms with van der Waals surface area (Å²) in [6, 6.07) is 11.0. The van der Waals surface area contributed by atoms with E-state index in [1.807, 2.05) is 18.3 Å². The van der Waals surface area contributed by atoms with Crippen molar-refractivity contribution in [3.8, 4) is 5.75 Å². The monoisotopic (exact) mass is 469 g/mol. The third-order valence-corrected chi connectivity index (χ3v) is 8.90. The normalized spacial score (nSPS) is 26.0. The third-order valence-electron chi connectivity index (χ3n) is 8.90. The van der Waals surface area contributed by atoms with Crippen LogP contribution < -0.4 is 4.74 Å². The number of rotatable bonds is 5. The molecule has 0 spiro atoms. The average Bonchev–Trinajstić information content (AvgIpc) is 3.55. The largest absolute Gasteiger partial charge is 0.496 e. The Hall–Kier alpha value is -2.92. The fraction of sp³-hybridized carbons (Fsp3) is 0.467. The Labute approximate surface area is 207 Å². The zero-order chi connectivity index (χ0) is 24.3. The molecule has 1 saturated carbocycles. The second-order valence-corrected chi connectivity index (χ2v) is 10.7. The van der Waals surface area contributed by atoms with Gasteiger partial charge in [-0.2, -0.15) is 0 Å². The Morgan fingerprint density at radius 2 is 2.06 bits per heavy atom. The lowest BCUT2D eigenvalue weighted by atomic mass is 9.75. The van der Waals surface area contributed by atoms with Crippen LogP contribution in [-0.2, 0) is 6.54 Å². The van der Waals surface area contributed by atoms with Crippen molar-refractivity contribution in [2.24, 2.45) is 11.8 Å². The highest BCUT2D eigenvalue weighted by atomic mass is 16.5. The molecular weight excluding hydrogens is 434 g/mol. The number of hydrogen-bond donors (Lipinski definition) is 0. The van der Waals surface area contributed by atoms with Gasteiger partial charge in [-0.15, -0.1) is 0 Å². The van der Waals surface area contributed by atoms with E-state index in [0.29, 0.717) is 6.04 Å². The van der Waals surface area contributed by atoms with E-state index >= 15 is 0 Å². The SMILES string of the molecule is CCn1c(C2=Cc3cc(C(=O)C4CCC5CCN(C)C5C4)cc(OC)c3C2C)cc2cccnc21. The maximum atomic E-state index is 13.7. The van der Waals surface area contributed by atoms with E-state index < -0.39 is 0 Å². The third kappa shape index (κ3) is 3.55. The summed E-state index contributed by atoms with van der Waals surface area (Å²) in [7, 11) is 3.94. The number of fused-ring (bicyclic) bond motifs is 3. The lowest BCUT2D eigenvalue weighted by Crippen LogP contribution is -2.37. The number of aryl methyl sites for hydroxylation is 1. The molecule has 0 amide bonds. The number of nitrogens with zero attached hydrogens (tertiary/aromatic N) is 3. The highest BCUT2D eigenvalue weighted by Gasteiger charge is 2.40. The minimum atomic E-state index is 0.107. The first-order valence-electron chi connectivity index (χ1n) is 13.1. The minimum absolute atomic E-state index is 0.107. The highest BCUT2D eigenvalue weighted by molar-refractivity contribution is 6.01. The fourth-order valence-electron chi connectivity index (χ4n) is 7.03. The van der Waals surface area contributed by atoms with Crippen molar-refractivity contribution in [2.45, 2.75) is 58.0 Å². The molecule has 1 aromatic carbocycles. The molecule has 0 bridgehead atoms. The number of allylic oxidation sites excluding steroid dienone is 1. The number of aromatic nitrogens is 2.